The normalized spacial score (nSPS) is 11.3. The Labute approximate surface area is 100 Å². The van der Waals surface area contributed by atoms with E-state index >= 15 is 0 Å². The number of ether oxygens (including phenoxy) is 1. The van der Waals surface area contributed by atoms with Crippen LogP contribution < -0.4 is 10.9 Å². The summed E-state index contributed by atoms with van der Waals surface area (Å²) in [5, 5.41) is 2.72. The lowest BCUT2D eigenvalue weighted by atomic mass is 10.1. The minimum Gasteiger partial charge on any atom is -0.377 e. The summed E-state index contributed by atoms with van der Waals surface area (Å²) in [6, 6.07) is 2.92. The Hall–Kier alpha value is -1.62. The molecule has 1 aromatic heterocycles. The van der Waals surface area contributed by atoms with Gasteiger partial charge in [0.05, 0.1) is 5.60 Å². The third-order valence-electron chi connectivity index (χ3n) is 2.59. The van der Waals surface area contributed by atoms with Crippen LogP contribution in [-0.2, 0) is 11.8 Å². The van der Waals surface area contributed by atoms with Gasteiger partial charge in [-0.1, -0.05) is 0 Å². The first-order chi connectivity index (χ1) is 7.85. The maximum Gasteiger partial charge on any atom is 0.251 e. The van der Waals surface area contributed by atoms with E-state index in [0.717, 1.165) is 0 Å². The van der Waals surface area contributed by atoms with Crippen molar-refractivity contribution in [2.24, 2.45) is 7.05 Å². The highest BCUT2D eigenvalue weighted by Gasteiger charge is 2.17. The third kappa shape index (κ3) is 3.71. The Morgan fingerprint density at radius 3 is 2.71 bits per heavy atom. The molecule has 0 aliphatic rings. The summed E-state index contributed by atoms with van der Waals surface area (Å²) in [7, 11) is 3.22. The predicted octanol–water partition coefficient (Wildman–Crippen LogP) is 0.540. The van der Waals surface area contributed by atoms with Crippen molar-refractivity contribution in [1.29, 1.82) is 0 Å². The second-order valence-electron chi connectivity index (χ2n) is 4.51. The first-order valence-electron chi connectivity index (χ1n) is 5.36. The molecule has 0 aliphatic carbocycles. The van der Waals surface area contributed by atoms with E-state index in [-0.39, 0.29) is 11.5 Å². The molecule has 17 heavy (non-hydrogen) atoms. The van der Waals surface area contributed by atoms with Gasteiger partial charge in [0.15, 0.2) is 0 Å². The van der Waals surface area contributed by atoms with E-state index < -0.39 is 5.60 Å². The van der Waals surface area contributed by atoms with Crippen LogP contribution in [-0.4, -0.2) is 29.7 Å². The average molecular weight is 238 g/mol. The molecule has 94 valence electrons. The Morgan fingerprint density at radius 1 is 1.53 bits per heavy atom. The summed E-state index contributed by atoms with van der Waals surface area (Å²) in [5.41, 5.74) is -0.265. The van der Waals surface area contributed by atoms with Gasteiger partial charge in [0, 0.05) is 38.5 Å². The summed E-state index contributed by atoms with van der Waals surface area (Å²) < 4.78 is 6.60. The van der Waals surface area contributed by atoms with Crippen LogP contribution in [0.1, 0.15) is 24.2 Å². The zero-order valence-corrected chi connectivity index (χ0v) is 10.6. The van der Waals surface area contributed by atoms with Crippen LogP contribution in [0.25, 0.3) is 0 Å². The summed E-state index contributed by atoms with van der Waals surface area (Å²) >= 11 is 0. The molecular weight excluding hydrogens is 220 g/mol. The van der Waals surface area contributed by atoms with Gasteiger partial charge in [-0.3, -0.25) is 9.59 Å². The molecule has 0 aliphatic heterocycles. The molecule has 1 N–H and O–H groups in total. The molecule has 0 atom stereocenters. The summed E-state index contributed by atoms with van der Waals surface area (Å²) in [6.45, 7) is 4.13. The van der Waals surface area contributed by atoms with E-state index in [4.69, 9.17) is 4.74 Å². The maximum atomic E-state index is 11.8. The zero-order chi connectivity index (χ0) is 13.1. The lowest BCUT2D eigenvalue weighted by Crippen LogP contribution is -2.40. The second-order valence-corrected chi connectivity index (χ2v) is 4.51. The molecule has 1 aromatic rings. The van der Waals surface area contributed by atoms with Gasteiger partial charge in [-0.15, -0.1) is 0 Å². The van der Waals surface area contributed by atoms with Gasteiger partial charge in [-0.05, 0) is 19.9 Å². The van der Waals surface area contributed by atoms with Crippen LogP contribution in [0.5, 0.6) is 0 Å². The van der Waals surface area contributed by atoms with Crippen molar-refractivity contribution < 1.29 is 9.53 Å². The number of carbonyl (C=O) groups is 1. The summed E-state index contributed by atoms with van der Waals surface area (Å²) in [6.07, 6.45) is 1.57. The van der Waals surface area contributed by atoms with Gasteiger partial charge in [0.2, 0.25) is 0 Å². The molecule has 0 unspecified atom stereocenters. The molecule has 0 aromatic carbocycles. The SMILES string of the molecule is COC(C)(C)CNC(=O)c1ccn(C)c(=O)c1. The van der Waals surface area contributed by atoms with Crippen LogP contribution in [0.3, 0.4) is 0 Å². The van der Waals surface area contributed by atoms with E-state index in [0.29, 0.717) is 12.1 Å². The number of pyridine rings is 1. The number of methoxy groups -OCH3 is 1. The fraction of sp³-hybridized carbons (Fsp3) is 0.500. The van der Waals surface area contributed by atoms with Gasteiger partial charge in [-0.25, -0.2) is 0 Å². The number of amides is 1. The van der Waals surface area contributed by atoms with Crippen molar-refractivity contribution in [3.8, 4) is 0 Å². The molecular formula is C12H18N2O3. The number of rotatable bonds is 4. The monoisotopic (exact) mass is 238 g/mol. The second kappa shape index (κ2) is 5.14. The van der Waals surface area contributed by atoms with Gasteiger partial charge in [0.1, 0.15) is 0 Å². The molecule has 0 saturated carbocycles. The van der Waals surface area contributed by atoms with Gasteiger partial charge >= 0.3 is 0 Å². The first-order valence-corrected chi connectivity index (χ1v) is 5.36. The van der Waals surface area contributed by atoms with Crippen LogP contribution >= 0.6 is 0 Å². The first kappa shape index (κ1) is 13.4. The molecule has 5 heteroatoms. The highest BCUT2D eigenvalue weighted by molar-refractivity contribution is 5.93. The Balaban J connectivity index is 2.71. The average Bonchev–Trinajstić information content (AvgIpc) is 2.30. The standard InChI is InChI=1S/C12H18N2O3/c1-12(2,17-4)8-13-11(16)9-5-6-14(3)10(15)7-9/h5-7H,8H2,1-4H3,(H,13,16). The van der Waals surface area contributed by atoms with Gasteiger partial charge in [0.25, 0.3) is 11.5 Å². The van der Waals surface area contributed by atoms with Crippen molar-refractivity contribution in [2.45, 2.75) is 19.4 Å². The van der Waals surface area contributed by atoms with Crippen molar-refractivity contribution in [2.75, 3.05) is 13.7 Å². The molecule has 1 rings (SSSR count). The molecule has 0 spiro atoms. The summed E-state index contributed by atoms with van der Waals surface area (Å²) in [5.74, 6) is -0.271. The molecule has 0 fully saturated rings. The Morgan fingerprint density at radius 2 is 2.18 bits per heavy atom. The summed E-state index contributed by atoms with van der Waals surface area (Å²) in [4.78, 5) is 23.1. The van der Waals surface area contributed by atoms with Crippen LogP contribution in [0.4, 0.5) is 0 Å². The highest BCUT2D eigenvalue weighted by atomic mass is 16.5. The molecule has 0 saturated heterocycles. The zero-order valence-electron chi connectivity index (χ0n) is 10.6. The Bertz CT molecular complexity index is 463. The lowest BCUT2D eigenvalue weighted by molar-refractivity contribution is 0.0228. The van der Waals surface area contributed by atoms with Crippen LogP contribution in [0.15, 0.2) is 23.1 Å². The Kier molecular flexibility index (Phi) is 4.07. The van der Waals surface area contributed by atoms with E-state index in [2.05, 4.69) is 5.32 Å². The fourth-order valence-corrected chi connectivity index (χ4v) is 1.16. The number of aromatic nitrogens is 1. The van der Waals surface area contributed by atoms with Crippen LogP contribution in [0, 0.1) is 0 Å². The lowest BCUT2D eigenvalue weighted by Gasteiger charge is -2.23. The van der Waals surface area contributed by atoms with Crippen molar-refractivity contribution in [3.63, 3.8) is 0 Å². The molecule has 1 amide bonds. The van der Waals surface area contributed by atoms with Crippen molar-refractivity contribution in [3.05, 3.63) is 34.2 Å². The van der Waals surface area contributed by atoms with Gasteiger partial charge < -0.3 is 14.6 Å². The third-order valence-corrected chi connectivity index (χ3v) is 2.59. The van der Waals surface area contributed by atoms with E-state index in [1.807, 2.05) is 13.8 Å². The highest BCUT2D eigenvalue weighted by Crippen LogP contribution is 2.05. The molecule has 0 bridgehead atoms. The minimum absolute atomic E-state index is 0.205. The molecule has 1 heterocycles. The number of carbonyl (C=O) groups excluding carboxylic acids is 1. The number of hydrogen-bond donors (Lipinski definition) is 1. The van der Waals surface area contributed by atoms with Gasteiger partial charge in [-0.2, -0.15) is 0 Å². The number of nitrogens with one attached hydrogen (secondary N) is 1. The quantitative estimate of drug-likeness (QED) is 0.833. The number of hydrogen-bond acceptors (Lipinski definition) is 3. The predicted molar refractivity (Wildman–Crippen MR) is 65.1 cm³/mol. The molecule has 5 nitrogen and oxygen atoms in total. The topological polar surface area (TPSA) is 60.3 Å². The van der Waals surface area contributed by atoms with E-state index in [1.165, 1.54) is 10.6 Å². The smallest absolute Gasteiger partial charge is 0.251 e. The largest absolute Gasteiger partial charge is 0.377 e. The fourth-order valence-electron chi connectivity index (χ4n) is 1.16. The van der Waals surface area contributed by atoms with Crippen molar-refractivity contribution >= 4 is 5.91 Å². The molecule has 0 radical (unpaired) electrons. The maximum absolute atomic E-state index is 11.8. The van der Waals surface area contributed by atoms with E-state index in [1.54, 1.807) is 26.4 Å². The minimum atomic E-state index is -0.421. The number of nitrogens with zero attached hydrogens (tertiary/aromatic N) is 1. The number of aryl methyl sites for hydroxylation is 1. The van der Waals surface area contributed by atoms with Crippen LogP contribution in [0.2, 0.25) is 0 Å². The van der Waals surface area contributed by atoms with E-state index in [9.17, 15) is 9.59 Å². The van der Waals surface area contributed by atoms with Crippen molar-refractivity contribution in [1.82, 2.24) is 9.88 Å².